The van der Waals surface area contributed by atoms with Gasteiger partial charge in [-0.3, -0.25) is 9.48 Å². The van der Waals surface area contributed by atoms with Crippen molar-refractivity contribution in [2.45, 2.75) is 72.8 Å². The molecule has 0 aliphatic rings. The van der Waals surface area contributed by atoms with Crippen LogP contribution >= 0.6 is 24.0 Å². The van der Waals surface area contributed by atoms with Gasteiger partial charge in [-0.05, 0) is 25.2 Å². The number of hydrogen-bond donors (Lipinski definition) is 2. The lowest BCUT2D eigenvalue weighted by atomic mass is 9.99. The Balaban J connectivity index is 0.00000841. The number of halogens is 1. The summed E-state index contributed by atoms with van der Waals surface area (Å²) in [6.45, 7) is 10.4. The maximum Gasteiger partial charge on any atom is 0.241 e. The average Bonchev–Trinajstić information content (AvgIpc) is 3.03. The van der Waals surface area contributed by atoms with Gasteiger partial charge in [0.05, 0.1) is 18.8 Å². The minimum Gasteiger partial charge on any atom is -0.356 e. The molecular formula is C22H43IN6O. The Kier molecular flexibility index (Phi) is 14.8. The highest BCUT2D eigenvalue weighted by atomic mass is 127. The number of unbranched alkanes of at least 4 members (excludes halogenated alkanes) is 1. The highest BCUT2D eigenvalue weighted by Crippen LogP contribution is 2.16. The van der Waals surface area contributed by atoms with Gasteiger partial charge in [-0.25, -0.2) is 4.99 Å². The van der Waals surface area contributed by atoms with E-state index < -0.39 is 0 Å². The molecule has 1 unspecified atom stereocenters. The topological polar surface area (TPSA) is 74.5 Å². The van der Waals surface area contributed by atoms with Gasteiger partial charge in [0, 0.05) is 38.9 Å². The number of likely N-dealkylation sites (N-methyl/N-ethyl adjacent to an activating group) is 1. The molecule has 7 nitrogen and oxygen atoms in total. The lowest BCUT2D eigenvalue weighted by Crippen LogP contribution is -2.44. The summed E-state index contributed by atoms with van der Waals surface area (Å²) >= 11 is 0. The second-order valence-electron chi connectivity index (χ2n) is 7.81. The summed E-state index contributed by atoms with van der Waals surface area (Å²) in [4.78, 5) is 18.4. The van der Waals surface area contributed by atoms with Crippen LogP contribution in [0.3, 0.4) is 0 Å². The van der Waals surface area contributed by atoms with Crippen LogP contribution in [0.15, 0.2) is 4.99 Å². The Hall–Kier alpha value is -1.32. The summed E-state index contributed by atoms with van der Waals surface area (Å²) in [7, 11) is 5.53. The molecule has 30 heavy (non-hydrogen) atoms. The van der Waals surface area contributed by atoms with Crippen molar-refractivity contribution in [2.75, 3.05) is 27.2 Å². The van der Waals surface area contributed by atoms with Crippen molar-refractivity contribution < 1.29 is 4.79 Å². The number of hydrogen-bond acceptors (Lipinski definition) is 3. The van der Waals surface area contributed by atoms with Crippen molar-refractivity contribution in [3.63, 3.8) is 0 Å². The number of guanidine groups is 1. The molecule has 0 aliphatic carbocycles. The number of nitrogens with zero attached hydrogens (tertiary/aromatic N) is 4. The van der Waals surface area contributed by atoms with E-state index in [9.17, 15) is 4.79 Å². The number of aromatic nitrogens is 2. The summed E-state index contributed by atoms with van der Waals surface area (Å²) in [5.41, 5.74) is 3.53. The van der Waals surface area contributed by atoms with Crippen LogP contribution in [0, 0.1) is 5.92 Å². The first-order chi connectivity index (χ1) is 13.9. The quantitative estimate of drug-likeness (QED) is 0.245. The van der Waals surface area contributed by atoms with Crippen LogP contribution in [0.25, 0.3) is 0 Å². The monoisotopic (exact) mass is 534 g/mol. The fourth-order valence-electron chi connectivity index (χ4n) is 3.41. The molecule has 0 spiro atoms. The average molecular weight is 535 g/mol. The molecule has 174 valence electrons. The lowest BCUT2D eigenvalue weighted by Gasteiger charge is -2.19. The van der Waals surface area contributed by atoms with Gasteiger partial charge in [-0.15, -0.1) is 24.0 Å². The van der Waals surface area contributed by atoms with Crippen LogP contribution in [0.2, 0.25) is 0 Å². The third-order valence-electron chi connectivity index (χ3n) is 5.43. The van der Waals surface area contributed by atoms with E-state index in [2.05, 4.69) is 43.4 Å². The van der Waals surface area contributed by atoms with Crippen LogP contribution in [-0.2, 0) is 31.2 Å². The number of amides is 1. The zero-order chi connectivity index (χ0) is 21.8. The van der Waals surface area contributed by atoms with Crippen molar-refractivity contribution in [1.29, 1.82) is 0 Å². The molecule has 0 aliphatic heterocycles. The molecule has 0 saturated heterocycles. The number of aryl methyl sites for hydroxylation is 2. The zero-order valence-electron chi connectivity index (χ0n) is 20.0. The highest BCUT2D eigenvalue weighted by molar-refractivity contribution is 14.0. The summed E-state index contributed by atoms with van der Waals surface area (Å²) in [5.74, 6) is 1.34. The summed E-state index contributed by atoms with van der Waals surface area (Å²) in [6.07, 6.45) is 6.63. The number of carbonyl (C=O) groups excluding carboxylic acids is 1. The van der Waals surface area contributed by atoms with Gasteiger partial charge in [-0.2, -0.15) is 5.10 Å². The van der Waals surface area contributed by atoms with Crippen molar-refractivity contribution in [1.82, 2.24) is 25.3 Å². The van der Waals surface area contributed by atoms with Crippen LogP contribution in [0.5, 0.6) is 0 Å². The SMILES string of the molecule is CCCCC(CC)CNC(=NCc1c(CC)nn(C)c1CC)NCC(=O)N(C)C.I. The summed E-state index contributed by atoms with van der Waals surface area (Å²) < 4.78 is 1.97. The third kappa shape index (κ3) is 9.22. The molecule has 2 N–H and O–H groups in total. The van der Waals surface area contributed by atoms with E-state index >= 15 is 0 Å². The van der Waals surface area contributed by atoms with E-state index in [4.69, 9.17) is 4.99 Å². The molecule has 0 saturated carbocycles. The van der Waals surface area contributed by atoms with Gasteiger partial charge < -0.3 is 15.5 Å². The smallest absolute Gasteiger partial charge is 0.241 e. The van der Waals surface area contributed by atoms with Gasteiger partial charge in [0.1, 0.15) is 0 Å². The Morgan fingerprint density at radius 1 is 1.17 bits per heavy atom. The number of carbonyl (C=O) groups is 1. The molecule has 0 bridgehead atoms. The molecule has 8 heteroatoms. The predicted molar refractivity (Wildman–Crippen MR) is 137 cm³/mol. The first-order valence-corrected chi connectivity index (χ1v) is 11.1. The van der Waals surface area contributed by atoms with Gasteiger partial charge in [0.25, 0.3) is 0 Å². The third-order valence-corrected chi connectivity index (χ3v) is 5.43. The zero-order valence-corrected chi connectivity index (χ0v) is 22.4. The van der Waals surface area contributed by atoms with E-state index in [0.717, 1.165) is 31.5 Å². The number of nitrogens with one attached hydrogen (secondary N) is 2. The van der Waals surface area contributed by atoms with E-state index in [1.807, 2.05) is 11.7 Å². The molecule has 1 amide bonds. The second-order valence-corrected chi connectivity index (χ2v) is 7.81. The van der Waals surface area contributed by atoms with Gasteiger partial charge in [0.15, 0.2) is 5.96 Å². The van der Waals surface area contributed by atoms with Gasteiger partial charge in [0.2, 0.25) is 5.91 Å². The Morgan fingerprint density at radius 2 is 1.87 bits per heavy atom. The Morgan fingerprint density at radius 3 is 2.40 bits per heavy atom. The first kappa shape index (κ1) is 28.7. The molecule has 1 heterocycles. The van der Waals surface area contributed by atoms with Crippen LogP contribution in [-0.4, -0.2) is 53.7 Å². The summed E-state index contributed by atoms with van der Waals surface area (Å²) in [6, 6.07) is 0. The van der Waals surface area contributed by atoms with E-state index in [-0.39, 0.29) is 36.4 Å². The highest BCUT2D eigenvalue weighted by Gasteiger charge is 2.14. The number of rotatable bonds is 12. The van der Waals surface area contributed by atoms with Crippen molar-refractivity contribution in [2.24, 2.45) is 18.0 Å². The van der Waals surface area contributed by atoms with Crippen molar-refractivity contribution in [3.8, 4) is 0 Å². The predicted octanol–water partition coefficient (Wildman–Crippen LogP) is 3.50. The fourth-order valence-corrected chi connectivity index (χ4v) is 3.41. The molecule has 1 rings (SSSR count). The van der Waals surface area contributed by atoms with Gasteiger partial charge in [-0.1, -0.05) is 47.0 Å². The maximum atomic E-state index is 12.0. The molecule has 0 aromatic carbocycles. The largest absolute Gasteiger partial charge is 0.356 e. The minimum atomic E-state index is 0. The maximum absolute atomic E-state index is 12.0. The minimum absolute atomic E-state index is 0. The number of aliphatic imine (C=N–C) groups is 1. The van der Waals surface area contributed by atoms with E-state index in [1.54, 1.807) is 19.0 Å². The summed E-state index contributed by atoms with van der Waals surface area (Å²) in [5, 5.41) is 11.3. The molecular weight excluding hydrogens is 491 g/mol. The van der Waals surface area contributed by atoms with E-state index in [1.165, 1.54) is 30.5 Å². The molecule has 1 aromatic rings. The van der Waals surface area contributed by atoms with E-state index in [0.29, 0.717) is 18.4 Å². The van der Waals surface area contributed by atoms with Crippen molar-refractivity contribution in [3.05, 3.63) is 17.0 Å². The molecule has 1 aromatic heterocycles. The fraction of sp³-hybridized carbons (Fsp3) is 0.773. The molecule has 1 atom stereocenters. The van der Waals surface area contributed by atoms with Crippen LogP contribution < -0.4 is 10.6 Å². The van der Waals surface area contributed by atoms with Crippen LogP contribution in [0.1, 0.15) is 70.3 Å². The normalized spacial score (nSPS) is 12.3. The molecule has 0 radical (unpaired) electrons. The Bertz CT molecular complexity index is 656. The first-order valence-electron chi connectivity index (χ1n) is 11.1. The van der Waals surface area contributed by atoms with Gasteiger partial charge >= 0.3 is 0 Å². The molecule has 0 fully saturated rings. The second kappa shape index (κ2) is 15.5. The van der Waals surface area contributed by atoms with Crippen LogP contribution in [0.4, 0.5) is 0 Å². The van der Waals surface area contributed by atoms with Crippen molar-refractivity contribution >= 4 is 35.8 Å². The standard InChI is InChI=1S/C22H42N6O.HI/c1-8-12-13-17(9-2)14-23-22(25-16-21(29)27(5)6)24-15-18-19(10-3)26-28(7)20(18)11-4;/h17H,8-16H2,1-7H3,(H2,23,24,25);1H. The lowest BCUT2D eigenvalue weighted by molar-refractivity contribution is -0.127. The Labute approximate surface area is 200 Å².